The maximum absolute atomic E-state index is 13.5. The number of aliphatic carboxylic acids is 1. The van der Waals surface area contributed by atoms with E-state index in [0.717, 1.165) is 12.1 Å². The molecule has 3 nitrogen and oxygen atoms in total. The molecule has 0 aromatic heterocycles. The molecular weight excluding hydrogens is 317 g/mol. The van der Waals surface area contributed by atoms with E-state index >= 15 is 0 Å². The monoisotopic (exact) mass is 322 g/mol. The summed E-state index contributed by atoms with van der Waals surface area (Å²) in [5.41, 5.74) is -0.826. The Bertz CT molecular complexity index is 543. The fourth-order valence-electron chi connectivity index (χ4n) is 1.60. The minimum atomic E-state index is -3.02. The molecule has 2 rings (SSSR count). The summed E-state index contributed by atoms with van der Waals surface area (Å²) in [5.74, 6) is -2.42. The molecule has 0 saturated carbocycles. The molecule has 0 bridgehead atoms. The van der Waals surface area contributed by atoms with Crippen molar-refractivity contribution in [2.45, 2.75) is 12.5 Å². The smallest absolute Gasteiger partial charge is 0.335 e. The summed E-state index contributed by atoms with van der Waals surface area (Å²) in [6, 6.07) is 2.39. The van der Waals surface area contributed by atoms with Crippen LogP contribution in [0, 0.1) is 5.82 Å². The van der Waals surface area contributed by atoms with Crippen LogP contribution < -0.4 is 4.74 Å². The van der Waals surface area contributed by atoms with Crippen molar-refractivity contribution in [2.75, 3.05) is 0 Å². The summed E-state index contributed by atoms with van der Waals surface area (Å²) in [4.78, 5) is 10.9. The largest absolute Gasteiger partial charge is 0.478 e. The highest BCUT2D eigenvalue weighted by molar-refractivity contribution is 9.10. The fraction of sp³-hybridized carbons (Fsp3) is 0.182. The van der Waals surface area contributed by atoms with Crippen molar-refractivity contribution in [3.63, 3.8) is 0 Å². The third-order valence-electron chi connectivity index (χ3n) is 2.42. The van der Waals surface area contributed by atoms with Crippen LogP contribution in [0.3, 0.4) is 0 Å². The van der Waals surface area contributed by atoms with Crippen LogP contribution in [0.1, 0.15) is 5.56 Å². The lowest BCUT2D eigenvalue weighted by molar-refractivity contribution is -0.134. The lowest BCUT2D eigenvalue weighted by Gasteiger charge is -2.25. The Morgan fingerprint density at radius 3 is 2.67 bits per heavy atom. The Morgan fingerprint density at radius 1 is 1.44 bits per heavy atom. The lowest BCUT2D eigenvalue weighted by atomic mass is 10.0. The lowest BCUT2D eigenvalue weighted by Crippen LogP contribution is -2.34. The van der Waals surface area contributed by atoms with Crippen molar-refractivity contribution in [2.24, 2.45) is 0 Å². The van der Waals surface area contributed by atoms with Gasteiger partial charge in [-0.2, -0.15) is 0 Å². The van der Waals surface area contributed by atoms with Crippen molar-refractivity contribution < 1.29 is 27.8 Å². The average Bonchev–Trinajstić information content (AvgIpc) is 2.32. The molecular formula is C11H6BrF3O3. The van der Waals surface area contributed by atoms with Crippen LogP contribution in [0.5, 0.6) is 5.75 Å². The van der Waals surface area contributed by atoms with E-state index < -0.39 is 29.9 Å². The first-order valence-electron chi connectivity index (χ1n) is 4.79. The van der Waals surface area contributed by atoms with E-state index in [2.05, 4.69) is 15.9 Å². The zero-order valence-electron chi connectivity index (χ0n) is 8.66. The number of alkyl halides is 2. The van der Waals surface area contributed by atoms with Gasteiger partial charge in [0.25, 0.3) is 6.43 Å². The number of fused-ring (bicyclic) bond motifs is 1. The number of carbonyl (C=O) groups is 1. The maximum atomic E-state index is 13.5. The summed E-state index contributed by atoms with van der Waals surface area (Å²) in [5, 5.41) is 8.83. The molecule has 0 radical (unpaired) electrons. The minimum absolute atomic E-state index is 0.120. The number of halogens is 4. The standard InChI is InChI=1S/C11H6BrF3O3/c12-6-1-2-7(13)4-3-5(11(16)17)9(10(14)15)18-8(4)6/h1-3,9-10H,(H,16,17). The van der Waals surface area contributed by atoms with Crippen LogP contribution in [0.15, 0.2) is 22.2 Å². The molecule has 1 aromatic carbocycles. The zero-order valence-corrected chi connectivity index (χ0v) is 10.2. The Hall–Kier alpha value is -1.50. The topological polar surface area (TPSA) is 46.5 Å². The Morgan fingerprint density at radius 2 is 2.11 bits per heavy atom. The van der Waals surface area contributed by atoms with Gasteiger partial charge in [0.05, 0.1) is 15.6 Å². The van der Waals surface area contributed by atoms with E-state index in [4.69, 9.17) is 9.84 Å². The molecule has 96 valence electrons. The van der Waals surface area contributed by atoms with Crippen molar-refractivity contribution in [3.8, 4) is 5.75 Å². The quantitative estimate of drug-likeness (QED) is 0.910. The summed E-state index contributed by atoms with van der Waals surface area (Å²) in [6.07, 6.45) is -4.05. The van der Waals surface area contributed by atoms with E-state index in [-0.39, 0.29) is 15.8 Å². The molecule has 1 aromatic rings. The average molecular weight is 323 g/mol. The molecule has 1 unspecified atom stereocenters. The number of rotatable bonds is 2. The second-order valence-electron chi connectivity index (χ2n) is 3.55. The maximum Gasteiger partial charge on any atom is 0.335 e. The minimum Gasteiger partial charge on any atom is -0.478 e. The first kappa shape index (κ1) is 12.9. The van der Waals surface area contributed by atoms with Gasteiger partial charge >= 0.3 is 5.97 Å². The van der Waals surface area contributed by atoms with Crippen molar-refractivity contribution >= 4 is 28.0 Å². The summed E-state index contributed by atoms with van der Waals surface area (Å²) < 4.78 is 44.1. The molecule has 1 N–H and O–H groups in total. The molecule has 7 heteroatoms. The Balaban J connectivity index is 2.61. The van der Waals surface area contributed by atoms with Crippen LogP contribution >= 0.6 is 15.9 Å². The highest BCUT2D eigenvalue weighted by Crippen LogP contribution is 2.39. The van der Waals surface area contributed by atoms with Gasteiger partial charge in [0.2, 0.25) is 0 Å². The molecule has 1 aliphatic heterocycles. The SMILES string of the molecule is O=C(O)C1=Cc2c(F)ccc(Br)c2OC1C(F)F. The highest BCUT2D eigenvalue weighted by Gasteiger charge is 2.36. The second kappa shape index (κ2) is 4.64. The van der Waals surface area contributed by atoms with E-state index in [9.17, 15) is 18.0 Å². The Labute approximate surface area is 108 Å². The van der Waals surface area contributed by atoms with E-state index in [1.165, 1.54) is 6.07 Å². The zero-order chi connectivity index (χ0) is 13.4. The van der Waals surface area contributed by atoms with Gasteiger partial charge in [0, 0.05) is 0 Å². The first-order valence-corrected chi connectivity index (χ1v) is 5.58. The van der Waals surface area contributed by atoms with Crippen molar-refractivity contribution in [1.82, 2.24) is 0 Å². The number of hydrogen-bond acceptors (Lipinski definition) is 2. The van der Waals surface area contributed by atoms with Crippen LogP contribution in [-0.4, -0.2) is 23.6 Å². The van der Waals surface area contributed by atoms with Crippen molar-refractivity contribution in [3.05, 3.63) is 33.6 Å². The third kappa shape index (κ3) is 2.10. The van der Waals surface area contributed by atoms with E-state index in [1.54, 1.807) is 0 Å². The van der Waals surface area contributed by atoms with Gasteiger partial charge < -0.3 is 9.84 Å². The first-order chi connectivity index (χ1) is 8.41. The Kier molecular flexibility index (Phi) is 3.34. The van der Waals surface area contributed by atoms with E-state index in [1.807, 2.05) is 0 Å². The summed E-state index contributed by atoms with van der Waals surface area (Å²) in [7, 11) is 0. The highest BCUT2D eigenvalue weighted by atomic mass is 79.9. The van der Waals surface area contributed by atoms with Gasteiger partial charge in [-0.1, -0.05) is 0 Å². The summed E-state index contributed by atoms with van der Waals surface area (Å²) in [6.45, 7) is 0. The number of carboxylic acid groups (broad SMARTS) is 1. The van der Waals surface area contributed by atoms with Gasteiger partial charge in [-0.05, 0) is 34.1 Å². The van der Waals surface area contributed by atoms with Gasteiger partial charge in [-0.15, -0.1) is 0 Å². The number of hydrogen-bond donors (Lipinski definition) is 1. The molecule has 1 atom stereocenters. The third-order valence-corrected chi connectivity index (χ3v) is 3.05. The van der Waals surface area contributed by atoms with Gasteiger partial charge in [0.15, 0.2) is 6.10 Å². The molecule has 0 aliphatic carbocycles. The van der Waals surface area contributed by atoms with Crippen LogP contribution in [0.4, 0.5) is 13.2 Å². The van der Waals surface area contributed by atoms with Gasteiger partial charge in [-0.25, -0.2) is 18.0 Å². The predicted octanol–water partition coefficient (Wildman–Crippen LogP) is 3.08. The normalized spacial score (nSPS) is 18.1. The second-order valence-corrected chi connectivity index (χ2v) is 4.40. The number of ether oxygens (including phenoxy) is 1. The van der Waals surface area contributed by atoms with Crippen LogP contribution in [0.2, 0.25) is 0 Å². The van der Waals surface area contributed by atoms with Gasteiger partial charge in [-0.3, -0.25) is 0 Å². The fourth-order valence-corrected chi connectivity index (χ4v) is 2.04. The molecule has 0 saturated heterocycles. The molecule has 0 amide bonds. The van der Waals surface area contributed by atoms with Crippen LogP contribution in [0.25, 0.3) is 6.08 Å². The number of carboxylic acids is 1. The summed E-state index contributed by atoms with van der Waals surface area (Å²) >= 11 is 3.04. The number of benzene rings is 1. The van der Waals surface area contributed by atoms with Gasteiger partial charge in [0.1, 0.15) is 11.6 Å². The molecule has 0 fully saturated rings. The van der Waals surface area contributed by atoms with Crippen LogP contribution in [-0.2, 0) is 4.79 Å². The molecule has 18 heavy (non-hydrogen) atoms. The molecule has 0 spiro atoms. The molecule has 1 aliphatic rings. The van der Waals surface area contributed by atoms with E-state index in [0.29, 0.717) is 0 Å². The molecule has 1 heterocycles. The predicted molar refractivity (Wildman–Crippen MR) is 60.1 cm³/mol. The van der Waals surface area contributed by atoms with Crippen molar-refractivity contribution in [1.29, 1.82) is 0 Å².